The number of ether oxygens (including phenoxy) is 2. The van der Waals surface area contributed by atoms with Gasteiger partial charge in [0.1, 0.15) is 0 Å². The zero-order chi connectivity index (χ0) is 22.6. The van der Waals surface area contributed by atoms with Crippen molar-refractivity contribution < 1.29 is 19.1 Å². The van der Waals surface area contributed by atoms with Crippen molar-refractivity contribution in [3.8, 4) is 0 Å². The third-order valence-electron chi connectivity index (χ3n) is 5.50. The van der Waals surface area contributed by atoms with Gasteiger partial charge in [-0.3, -0.25) is 0 Å². The fourth-order valence-corrected chi connectivity index (χ4v) is 3.60. The van der Waals surface area contributed by atoms with E-state index in [-0.39, 0.29) is 5.97 Å². The Morgan fingerprint density at radius 1 is 0.581 bits per heavy atom. The van der Waals surface area contributed by atoms with Gasteiger partial charge in [-0.2, -0.15) is 0 Å². The topological polar surface area (TPSA) is 52.6 Å². The molecule has 0 aromatic heterocycles. The van der Waals surface area contributed by atoms with Gasteiger partial charge in [-0.15, -0.1) is 0 Å². The van der Waals surface area contributed by atoms with E-state index in [4.69, 9.17) is 9.47 Å². The molecule has 31 heavy (non-hydrogen) atoms. The molecule has 0 spiro atoms. The van der Waals surface area contributed by atoms with Crippen LogP contribution in [0.2, 0.25) is 0 Å². The van der Waals surface area contributed by atoms with Crippen molar-refractivity contribution in [1.29, 1.82) is 0 Å². The Hall–Kier alpha value is -1.84. The first kappa shape index (κ1) is 27.2. The van der Waals surface area contributed by atoms with Crippen LogP contribution >= 0.6 is 0 Å². The van der Waals surface area contributed by atoms with Crippen LogP contribution in [0.5, 0.6) is 0 Å². The molecule has 0 radical (unpaired) electrons. The highest BCUT2D eigenvalue weighted by molar-refractivity contribution is 5.95. The maximum Gasteiger partial charge on any atom is 0.338 e. The number of carbonyl (C=O) groups excluding carboxylic acids is 2. The zero-order valence-corrected chi connectivity index (χ0v) is 20.0. The molecule has 0 heterocycles. The molecule has 1 aromatic carbocycles. The zero-order valence-electron chi connectivity index (χ0n) is 20.0. The van der Waals surface area contributed by atoms with E-state index >= 15 is 0 Å². The van der Waals surface area contributed by atoms with Gasteiger partial charge in [0.25, 0.3) is 0 Å². The van der Waals surface area contributed by atoms with Crippen LogP contribution in [0.15, 0.2) is 24.3 Å². The van der Waals surface area contributed by atoms with Gasteiger partial charge in [0.05, 0.1) is 24.3 Å². The van der Waals surface area contributed by atoms with E-state index in [0.717, 1.165) is 19.3 Å². The van der Waals surface area contributed by atoms with E-state index in [2.05, 4.69) is 6.92 Å². The Balaban J connectivity index is 2.01. The molecule has 0 amide bonds. The van der Waals surface area contributed by atoms with Gasteiger partial charge >= 0.3 is 11.9 Å². The lowest BCUT2D eigenvalue weighted by molar-refractivity contribution is 0.0497. The van der Waals surface area contributed by atoms with Crippen LogP contribution in [-0.4, -0.2) is 25.2 Å². The van der Waals surface area contributed by atoms with Crippen molar-refractivity contribution >= 4 is 11.9 Å². The third-order valence-corrected chi connectivity index (χ3v) is 5.50. The minimum atomic E-state index is -0.400. The maximum absolute atomic E-state index is 12.2. The van der Waals surface area contributed by atoms with Crippen molar-refractivity contribution in [1.82, 2.24) is 0 Å². The summed E-state index contributed by atoms with van der Waals surface area (Å²) in [6, 6.07) is 6.56. The van der Waals surface area contributed by atoms with Crippen molar-refractivity contribution in [2.24, 2.45) is 0 Å². The highest BCUT2D eigenvalue weighted by Crippen LogP contribution is 2.13. The summed E-state index contributed by atoms with van der Waals surface area (Å²) in [4.78, 5) is 24.1. The van der Waals surface area contributed by atoms with E-state index in [0.29, 0.717) is 24.3 Å². The highest BCUT2D eigenvalue weighted by atomic mass is 16.5. The molecule has 176 valence electrons. The molecule has 0 bridgehead atoms. The molecule has 0 aliphatic rings. The van der Waals surface area contributed by atoms with Crippen molar-refractivity contribution in [3.63, 3.8) is 0 Å². The molecule has 4 heteroatoms. The van der Waals surface area contributed by atoms with Gasteiger partial charge in [-0.25, -0.2) is 9.59 Å². The molecule has 0 aliphatic heterocycles. The average Bonchev–Trinajstić information content (AvgIpc) is 2.79. The molecule has 1 aromatic rings. The van der Waals surface area contributed by atoms with Crippen LogP contribution in [0.3, 0.4) is 0 Å². The fraction of sp³-hybridized carbons (Fsp3) is 0.704. The second-order valence-corrected chi connectivity index (χ2v) is 8.45. The normalized spacial score (nSPS) is 10.8. The Labute approximate surface area is 190 Å². The van der Waals surface area contributed by atoms with Crippen LogP contribution in [0.1, 0.15) is 131 Å². The number of esters is 2. The van der Waals surface area contributed by atoms with Crippen LogP contribution in [0.25, 0.3) is 0 Å². The van der Waals surface area contributed by atoms with Crippen LogP contribution in [0.4, 0.5) is 0 Å². The summed E-state index contributed by atoms with van der Waals surface area (Å²) in [5.41, 5.74) is 0.788. The monoisotopic (exact) mass is 432 g/mol. The van der Waals surface area contributed by atoms with E-state index in [1.54, 1.807) is 24.3 Å². The number of hydrogen-bond donors (Lipinski definition) is 0. The fourth-order valence-electron chi connectivity index (χ4n) is 3.60. The molecule has 0 unspecified atom stereocenters. The second-order valence-electron chi connectivity index (χ2n) is 8.45. The predicted molar refractivity (Wildman–Crippen MR) is 128 cm³/mol. The summed E-state index contributed by atoms with van der Waals surface area (Å²) in [6.07, 6.45) is 19.0. The summed E-state index contributed by atoms with van der Waals surface area (Å²) >= 11 is 0. The minimum absolute atomic E-state index is 0.375. The van der Waals surface area contributed by atoms with E-state index in [1.165, 1.54) is 77.0 Å². The van der Waals surface area contributed by atoms with Gasteiger partial charge in [-0.05, 0) is 31.0 Å². The maximum atomic E-state index is 12.2. The molecule has 0 saturated carbocycles. The van der Waals surface area contributed by atoms with E-state index in [9.17, 15) is 9.59 Å². The molecule has 4 nitrogen and oxygen atoms in total. The standard InChI is InChI=1S/C27H44O4/c1-3-5-6-7-8-9-10-11-12-13-14-15-16-17-22-31-27(29)25-20-18-19-24(23-25)26(28)30-21-4-2/h18-20,23H,3-17,21-22H2,1-2H3. The van der Waals surface area contributed by atoms with Crippen LogP contribution in [0, 0.1) is 0 Å². The van der Waals surface area contributed by atoms with Crippen molar-refractivity contribution in [2.75, 3.05) is 13.2 Å². The summed E-state index contributed by atoms with van der Waals surface area (Å²) in [7, 11) is 0. The van der Waals surface area contributed by atoms with Crippen molar-refractivity contribution in [3.05, 3.63) is 35.4 Å². The average molecular weight is 433 g/mol. The largest absolute Gasteiger partial charge is 0.462 e. The Kier molecular flexibility index (Phi) is 16.6. The van der Waals surface area contributed by atoms with Crippen LogP contribution < -0.4 is 0 Å². The Morgan fingerprint density at radius 2 is 1.00 bits per heavy atom. The summed E-state index contributed by atoms with van der Waals surface area (Å²) in [5.74, 6) is -0.775. The molecule has 1 rings (SSSR count). The number of benzene rings is 1. The molecule has 0 aliphatic carbocycles. The smallest absolute Gasteiger partial charge is 0.338 e. The molecule has 0 fully saturated rings. The molecule has 0 atom stereocenters. The van der Waals surface area contributed by atoms with Gasteiger partial charge in [-0.1, -0.05) is 103 Å². The first-order chi connectivity index (χ1) is 15.2. The highest BCUT2D eigenvalue weighted by Gasteiger charge is 2.12. The first-order valence-electron chi connectivity index (χ1n) is 12.6. The predicted octanol–water partition coefficient (Wildman–Crippen LogP) is 7.89. The molecular weight excluding hydrogens is 388 g/mol. The Bertz CT molecular complexity index is 597. The van der Waals surface area contributed by atoms with E-state index in [1.807, 2.05) is 6.92 Å². The molecular formula is C27H44O4. The summed E-state index contributed by atoms with van der Waals surface area (Å²) in [5, 5.41) is 0. The van der Waals surface area contributed by atoms with Gasteiger partial charge in [0.2, 0.25) is 0 Å². The lowest BCUT2D eigenvalue weighted by Crippen LogP contribution is -2.10. The summed E-state index contributed by atoms with van der Waals surface area (Å²) < 4.78 is 10.5. The molecule has 0 saturated heterocycles. The van der Waals surface area contributed by atoms with Crippen LogP contribution in [-0.2, 0) is 9.47 Å². The number of unbranched alkanes of at least 4 members (excludes halogenated alkanes) is 13. The first-order valence-corrected chi connectivity index (χ1v) is 12.6. The minimum Gasteiger partial charge on any atom is -0.462 e. The summed E-state index contributed by atoms with van der Waals surface area (Å²) in [6.45, 7) is 5.02. The Morgan fingerprint density at radius 3 is 1.45 bits per heavy atom. The van der Waals surface area contributed by atoms with Crippen molar-refractivity contribution in [2.45, 2.75) is 110 Å². The van der Waals surface area contributed by atoms with Gasteiger partial charge in [0.15, 0.2) is 0 Å². The SMILES string of the molecule is CCCCCCCCCCCCCCCCOC(=O)c1cccc(C(=O)OCCC)c1. The van der Waals surface area contributed by atoms with Gasteiger partial charge in [0, 0.05) is 0 Å². The number of rotatable bonds is 19. The van der Waals surface area contributed by atoms with E-state index < -0.39 is 5.97 Å². The third kappa shape index (κ3) is 14.0. The number of carbonyl (C=O) groups is 2. The molecule has 0 N–H and O–H groups in total. The lowest BCUT2D eigenvalue weighted by Gasteiger charge is -2.07. The second kappa shape index (κ2) is 18.9. The van der Waals surface area contributed by atoms with Gasteiger partial charge < -0.3 is 9.47 Å². The lowest BCUT2D eigenvalue weighted by atomic mass is 10.0. The number of hydrogen-bond acceptors (Lipinski definition) is 4. The quantitative estimate of drug-likeness (QED) is 0.165.